The molecule has 1 atom stereocenters. The van der Waals surface area contributed by atoms with E-state index in [1.807, 2.05) is 45.2 Å². The SMILES string of the molecule is C/C=C\N.C=C(F)/C(CO)=C(F)\C=C/C.CN=C(Nc1ccc(C(=O)NC(C)CN(C)C)c(OC)c1)SC. The number of amidine groups is 1. The number of anilines is 1. The number of nitrogens with two attached hydrogens (primary N) is 1. The van der Waals surface area contributed by atoms with Crippen LogP contribution in [-0.2, 0) is 0 Å². The molecule has 0 heterocycles. The highest BCUT2D eigenvalue weighted by Gasteiger charge is 2.16. The van der Waals surface area contributed by atoms with Crippen LogP contribution >= 0.6 is 11.8 Å². The van der Waals surface area contributed by atoms with E-state index in [2.05, 4.69) is 22.2 Å². The summed E-state index contributed by atoms with van der Waals surface area (Å²) in [5.41, 5.74) is 5.79. The molecule has 214 valence electrons. The van der Waals surface area contributed by atoms with Crippen molar-refractivity contribution in [2.24, 2.45) is 10.7 Å². The van der Waals surface area contributed by atoms with Crippen LogP contribution in [0.25, 0.3) is 0 Å². The minimum Gasteiger partial charge on any atom is -0.496 e. The first-order chi connectivity index (χ1) is 17.9. The van der Waals surface area contributed by atoms with Crippen LogP contribution in [0, 0.1) is 0 Å². The lowest BCUT2D eigenvalue weighted by atomic mass is 10.1. The average Bonchev–Trinajstić information content (AvgIpc) is 2.87. The fraction of sp³-hybridized carbons (Fsp3) is 0.407. The lowest BCUT2D eigenvalue weighted by molar-refractivity contribution is 0.0931. The van der Waals surface area contributed by atoms with E-state index < -0.39 is 23.8 Å². The molecule has 0 saturated heterocycles. The van der Waals surface area contributed by atoms with Gasteiger partial charge < -0.3 is 31.1 Å². The number of thioether (sulfide) groups is 1. The fourth-order valence-corrected chi connectivity index (χ4v) is 3.11. The van der Waals surface area contributed by atoms with Gasteiger partial charge in [0.05, 0.1) is 19.3 Å². The molecule has 0 aromatic heterocycles. The normalized spacial score (nSPS) is 12.7. The third kappa shape index (κ3) is 15.9. The number of nitrogens with one attached hydrogen (secondary N) is 2. The van der Waals surface area contributed by atoms with Gasteiger partial charge in [-0.05, 0) is 65.5 Å². The van der Waals surface area contributed by atoms with Gasteiger partial charge in [-0.3, -0.25) is 9.79 Å². The molecule has 1 amide bonds. The zero-order chi connectivity index (χ0) is 29.7. The summed E-state index contributed by atoms with van der Waals surface area (Å²) in [4.78, 5) is 18.6. The third-order valence-corrected chi connectivity index (χ3v) is 5.06. The van der Waals surface area contributed by atoms with Gasteiger partial charge in [0.15, 0.2) is 5.17 Å². The van der Waals surface area contributed by atoms with Gasteiger partial charge in [-0.2, -0.15) is 0 Å². The van der Waals surface area contributed by atoms with E-state index in [9.17, 15) is 13.6 Å². The number of aliphatic hydroxyl groups is 1. The number of allylic oxidation sites excluding steroid dienone is 4. The van der Waals surface area contributed by atoms with Crippen LogP contribution in [0.2, 0.25) is 0 Å². The Labute approximate surface area is 230 Å². The molecule has 1 rings (SSSR count). The Morgan fingerprint density at radius 1 is 1.32 bits per heavy atom. The number of carbonyl (C=O) groups excluding carboxylic acids is 1. The van der Waals surface area contributed by atoms with Crippen LogP contribution in [0.5, 0.6) is 5.75 Å². The number of methoxy groups -OCH3 is 1. The second-order valence-electron chi connectivity index (χ2n) is 7.82. The van der Waals surface area contributed by atoms with Gasteiger partial charge >= 0.3 is 0 Å². The Hall–Kier alpha value is -3.15. The first-order valence-electron chi connectivity index (χ1n) is 11.7. The number of nitrogens with zero attached hydrogens (tertiary/aromatic N) is 2. The van der Waals surface area contributed by atoms with Crippen molar-refractivity contribution in [2.75, 3.05) is 53.0 Å². The molecular weight excluding hydrogens is 512 g/mol. The van der Waals surface area contributed by atoms with Gasteiger partial charge in [0.1, 0.15) is 17.4 Å². The van der Waals surface area contributed by atoms with Crippen LogP contribution in [0.15, 0.2) is 71.4 Å². The molecule has 1 aromatic rings. The Morgan fingerprint density at radius 2 is 1.92 bits per heavy atom. The first kappa shape index (κ1) is 37.0. The maximum Gasteiger partial charge on any atom is 0.255 e. The number of ether oxygens (including phenoxy) is 1. The Balaban J connectivity index is 0. The predicted octanol–water partition coefficient (Wildman–Crippen LogP) is 4.88. The molecule has 0 fully saturated rings. The highest BCUT2D eigenvalue weighted by Crippen LogP contribution is 2.24. The van der Waals surface area contributed by atoms with Crippen molar-refractivity contribution in [2.45, 2.75) is 26.8 Å². The van der Waals surface area contributed by atoms with E-state index >= 15 is 0 Å². The van der Waals surface area contributed by atoms with Gasteiger partial charge in [-0.1, -0.05) is 30.5 Å². The summed E-state index contributed by atoms with van der Waals surface area (Å²) >= 11 is 1.52. The smallest absolute Gasteiger partial charge is 0.255 e. The summed E-state index contributed by atoms with van der Waals surface area (Å²) in [7, 11) is 7.23. The zero-order valence-electron chi connectivity index (χ0n) is 23.6. The number of carbonyl (C=O) groups is 1. The molecule has 1 aromatic carbocycles. The molecule has 8 nitrogen and oxygen atoms in total. The van der Waals surface area contributed by atoms with Crippen molar-refractivity contribution in [1.29, 1.82) is 0 Å². The van der Waals surface area contributed by atoms with E-state index in [0.717, 1.165) is 23.5 Å². The summed E-state index contributed by atoms with van der Waals surface area (Å²) in [5.74, 6) is -1.34. The number of likely N-dealkylation sites (N-methyl/N-ethyl adjacent to an activating group) is 1. The minimum absolute atomic E-state index is 0.0512. The highest BCUT2D eigenvalue weighted by molar-refractivity contribution is 8.13. The maximum absolute atomic E-state index is 12.7. The van der Waals surface area contributed by atoms with Crippen molar-refractivity contribution in [1.82, 2.24) is 10.2 Å². The Bertz CT molecular complexity index is 975. The summed E-state index contributed by atoms with van der Waals surface area (Å²) in [5, 5.41) is 15.4. The number of hydrogen-bond acceptors (Lipinski definition) is 7. The van der Waals surface area contributed by atoms with Gasteiger partial charge in [-0.15, -0.1) is 0 Å². The summed E-state index contributed by atoms with van der Waals surface area (Å²) in [6.45, 7) is 8.41. The van der Waals surface area contributed by atoms with Crippen molar-refractivity contribution in [3.05, 3.63) is 72.0 Å². The molecule has 0 bridgehead atoms. The number of aliphatic hydroxyl groups excluding tert-OH is 1. The van der Waals surface area contributed by atoms with Crippen molar-refractivity contribution >= 4 is 28.5 Å². The van der Waals surface area contributed by atoms with Crippen molar-refractivity contribution in [3.63, 3.8) is 0 Å². The van der Waals surface area contributed by atoms with Crippen LogP contribution in [0.1, 0.15) is 31.1 Å². The second-order valence-corrected chi connectivity index (χ2v) is 8.62. The number of aliphatic imine (C=N–C) groups is 1. The number of amides is 1. The van der Waals surface area contributed by atoms with E-state index in [4.69, 9.17) is 15.6 Å². The van der Waals surface area contributed by atoms with Gasteiger partial charge in [0, 0.05) is 37.0 Å². The highest BCUT2D eigenvalue weighted by atomic mass is 32.2. The van der Waals surface area contributed by atoms with Crippen LogP contribution in [0.4, 0.5) is 14.5 Å². The monoisotopic (exact) mass is 555 g/mol. The zero-order valence-corrected chi connectivity index (χ0v) is 24.5. The first-order valence-corrected chi connectivity index (χ1v) is 12.9. The standard InChI is InChI=1S/C16H26N4O2S.C8H10F2O.C3H7N/c1-11(10-20(3)4)18-15(21)13-8-7-12(9-14(13)22-5)19-16(17-2)23-6;1-3-4-8(10)7(5-11)6(2)9;1-2-3-4/h7-9,11H,10H2,1-6H3,(H,17,19)(H,18,21);3-4,11H,2,5H2,1H3;2-3H,4H2,1H3/b;4-3-,8-7+;3-2-. The lowest BCUT2D eigenvalue weighted by Crippen LogP contribution is -2.39. The molecule has 38 heavy (non-hydrogen) atoms. The van der Waals surface area contributed by atoms with Crippen LogP contribution in [0.3, 0.4) is 0 Å². The van der Waals surface area contributed by atoms with Gasteiger partial charge in [0.25, 0.3) is 5.91 Å². The number of rotatable bonds is 9. The van der Waals surface area contributed by atoms with E-state index in [1.165, 1.54) is 24.0 Å². The van der Waals surface area contributed by atoms with E-state index in [0.29, 0.717) is 11.3 Å². The van der Waals surface area contributed by atoms with Crippen molar-refractivity contribution < 1.29 is 23.4 Å². The van der Waals surface area contributed by atoms with Gasteiger partial charge in [0.2, 0.25) is 0 Å². The molecule has 5 N–H and O–H groups in total. The number of halogens is 2. The molecule has 0 aliphatic carbocycles. The van der Waals surface area contributed by atoms with Crippen LogP contribution < -0.4 is 21.1 Å². The fourth-order valence-electron chi connectivity index (χ4n) is 2.71. The largest absolute Gasteiger partial charge is 0.496 e. The van der Waals surface area contributed by atoms with Crippen molar-refractivity contribution in [3.8, 4) is 5.75 Å². The topological polar surface area (TPSA) is 112 Å². The second kappa shape index (κ2) is 21.9. The molecule has 0 saturated carbocycles. The number of hydrogen-bond donors (Lipinski definition) is 4. The molecule has 0 spiro atoms. The summed E-state index contributed by atoms with van der Waals surface area (Å²) in [6, 6.07) is 5.45. The van der Waals surface area contributed by atoms with E-state index in [-0.39, 0.29) is 11.9 Å². The lowest BCUT2D eigenvalue weighted by Gasteiger charge is -2.19. The molecule has 0 radical (unpaired) electrons. The summed E-state index contributed by atoms with van der Waals surface area (Å²) < 4.78 is 30.3. The molecule has 0 aliphatic heterocycles. The Morgan fingerprint density at radius 3 is 2.32 bits per heavy atom. The number of benzene rings is 1. The average molecular weight is 556 g/mol. The van der Waals surface area contributed by atoms with Gasteiger partial charge in [-0.25, -0.2) is 8.78 Å². The molecule has 1 unspecified atom stereocenters. The minimum atomic E-state index is -0.942. The molecular formula is C27H43F2N5O3S. The van der Waals surface area contributed by atoms with Crippen LogP contribution in [-0.4, -0.2) is 74.8 Å². The third-order valence-electron chi connectivity index (χ3n) is 4.39. The summed E-state index contributed by atoms with van der Waals surface area (Å²) in [6.07, 6.45) is 7.70. The molecule has 11 heteroatoms. The maximum atomic E-state index is 12.7. The van der Waals surface area contributed by atoms with E-state index in [1.54, 1.807) is 39.3 Å². The predicted molar refractivity (Wildman–Crippen MR) is 158 cm³/mol. The molecule has 0 aliphatic rings. The quantitative estimate of drug-likeness (QED) is 0.195. The Kier molecular flexibility index (Phi) is 21.3.